The Hall–Kier alpha value is -2.26. The summed E-state index contributed by atoms with van der Waals surface area (Å²) in [6.45, 7) is 0. The van der Waals surface area contributed by atoms with Gasteiger partial charge in [-0.15, -0.1) is 0 Å². The molecule has 1 fully saturated rings. The highest BCUT2D eigenvalue weighted by atomic mass is 35.5. The zero-order valence-electron chi connectivity index (χ0n) is 12.7. The molecule has 0 saturated heterocycles. The van der Waals surface area contributed by atoms with Gasteiger partial charge >= 0.3 is 0 Å². The molecule has 1 aliphatic carbocycles. The van der Waals surface area contributed by atoms with Crippen molar-refractivity contribution in [3.63, 3.8) is 0 Å². The summed E-state index contributed by atoms with van der Waals surface area (Å²) in [5.74, 6) is 0.148. The Morgan fingerprint density at radius 1 is 1.17 bits per heavy atom. The fraction of sp³-hybridized carbons (Fsp3) is 0.333. The molecule has 0 spiro atoms. The fourth-order valence-corrected chi connectivity index (χ4v) is 4.87. The number of nitrogens with one attached hydrogen (secondary N) is 1. The van der Waals surface area contributed by atoms with E-state index >= 15 is 0 Å². The van der Waals surface area contributed by atoms with Gasteiger partial charge in [0, 0.05) is 28.4 Å². The van der Waals surface area contributed by atoms with Gasteiger partial charge < -0.3 is 5.41 Å². The summed E-state index contributed by atoms with van der Waals surface area (Å²) in [6.07, 6.45) is 1.99. The van der Waals surface area contributed by atoms with Crippen LogP contribution in [0.15, 0.2) is 35.9 Å². The average Bonchev–Trinajstić information content (AvgIpc) is 2.62. The predicted molar refractivity (Wildman–Crippen MR) is 93.6 cm³/mol. The van der Waals surface area contributed by atoms with Crippen molar-refractivity contribution in [2.75, 3.05) is 11.5 Å². The number of hydrogen-bond acceptors (Lipinski definition) is 5. The zero-order valence-corrected chi connectivity index (χ0v) is 14.2. The van der Waals surface area contributed by atoms with E-state index in [0.717, 1.165) is 22.6 Å². The molecule has 118 valence electrons. The van der Waals surface area contributed by atoms with Gasteiger partial charge in [-0.3, -0.25) is 0 Å². The summed E-state index contributed by atoms with van der Waals surface area (Å²) in [5, 5.41) is 38.2. The smallest absolute Gasteiger partial charge is 0.189 e. The Balaban J connectivity index is 2.24. The highest BCUT2D eigenvalue weighted by molar-refractivity contribution is 7.99. The van der Waals surface area contributed by atoms with Crippen LogP contribution in [0.4, 0.5) is 0 Å². The van der Waals surface area contributed by atoms with Crippen molar-refractivity contribution in [3.8, 4) is 18.2 Å². The van der Waals surface area contributed by atoms with Gasteiger partial charge in [-0.1, -0.05) is 29.8 Å². The van der Waals surface area contributed by atoms with Crippen LogP contribution in [0.2, 0.25) is 5.02 Å². The van der Waals surface area contributed by atoms with Gasteiger partial charge in [0.1, 0.15) is 5.92 Å². The number of nitriles is 3. The molecule has 1 heterocycles. The fourth-order valence-electron chi connectivity index (χ4n) is 3.66. The van der Waals surface area contributed by atoms with E-state index in [4.69, 9.17) is 17.0 Å². The molecule has 1 aliphatic heterocycles. The van der Waals surface area contributed by atoms with E-state index < -0.39 is 17.3 Å². The summed E-state index contributed by atoms with van der Waals surface area (Å²) >= 11 is 7.69. The molecule has 0 amide bonds. The van der Waals surface area contributed by atoms with Crippen LogP contribution in [0.3, 0.4) is 0 Å². The van der Waals surface area contributed by atoms with Crippen molar-refractivity contribution < 1.29 is 0 Å². The van der Waals surface area contributed by atoms with Crippen molar-refractivity contribution in [3.05, 3.63) is 46.5 Å². The number of nitrogens with zero attached hydrogens (tertiary/aromatic N) is 3. The first-order chi connectivity index (χ1) is 11.6. The molecule has 1 N–H and O–H groups in total. The Bertz CT molecular complexity index is 824. The first-order valence-electron chi connectivity index (χ1n) is 7.43. The third-order valence-corrected chi connectivity index (χ3v) is 6.04. The molecule has 24 heavy (non-hydrogen) atoms. The average molecular weight is 353 g/mol. The second-order valence-electron chi connectivity index (χ2n) is 5.88. The van der Waals surface area contributed by atoms with Gasteiger partial charge in [0.2, 0.25) is 0 Å². The van der Waals surface area contributed by atoms with Crippen LogP contribution in [0.5, 0.6) is 0 Å². The van der Waals surface area contributed by atoms with Crippen LogP contribution in [-0.4, -0.2) is 17.2 Å². The van der Waals surface area contributed by atoms with Gasteiger partial charge in [-0.05, 0) is 23.3 Å². The van der Waals surface area contributed by atoms with Crippen LogP contribution < -0.4 is 0 Å². The molecule has 1 saturated carbocycles. The number of rotatable bonds is 1. The van der Waals surface area contributed by atoms with Crippen molar-refractivity contribution in [1.29, 1.82) is 21.2 Å². The van der Waals surface area contributed by atoms with Crippen LogP contribution >= 0.6 is 23.4 Å². The summed E-state index contributed by atoms with van der Waals surface area (Å²) in [6, 6.07) is 13.4. The summed E-state index contributed by atoms with van der Waals surface area (Å²) < 4.78 is 0. The number of hydrogen-bond donors (Lipinski definition) is 1. The molecular weight excluding hydrogens is 340 g/mol. The van der Waals surface area contributed by atoms with Crippen LogP contribution in [0.25, 0.3) is 0 Å². The van der Waals surface area contributed by atoms with E-state index in [-0.39, 0.29) is 11.6 Å². The van der Waals surface area contributed by atoms with E-state index in [1.54, 1.807) is 23.9 Å². The van der Waals surface area contributed by atoms with Gasteiger partial charge in [-0.2, -0.15) is 27.5 Å². The lowest BCUT2D eigenvalue weighted by Crippen LogP contribution is -2.49. The van der Waals surface area contributed by atoms with Crippen LogP contribution in [0.1, 0.15) is 11.5 Å². The van der Waals surface area contributed by atoms with Gasteiger partial charge in [0.15, 0.2) is 5.41 Å². The molecule has 0 radical (unpaired) electrons. The lowest BCUT2D eigenvalue weighted by molar-refractivity contribution is 0.378. The van der Waals surface area contributed by atoms with E-state index in [2.05, 4.69) is 18.2 Å². The molecule has 4 nitrogen and oxygen atoms in total. The Labute approximate surface area is 149 Å². The van der Waals surface area contributed by atoms with Crippen molar-refractivity contribution in [2.24, 2.45) is 17.3 Å². The molecule has 3 rings (SSSR count). The zero-order chi connectivity index (χ0) is 17.3. The summed E-state index contributed by atoms with van der Waals surface area (Å²) in [7, 11) is 0. The molecule has 2 aliphatic rings. The maximum Gasteiger partial charge on any atom is 0.189 e. The number of allylic oxidation sites excluding steroid dienone is 1. The second-order valence-corrected chi connectivity index (χ2v) is 7.40. The minimum Gasteiger partial charge on any atom is -0.305 e. The number of halogens is 1. The lowest BCUT2D eigenvalue weighted by atomic mass is 9.55. The highest BCUT2D eigenvalue weighted by Gasteiger charge is 2.57. The molecular formula is C18H13ClN4S. The maximum atomic E-state index is 9.83. The number of benzene rings is 1. The molecule has 3 atom stereocenters. The molecule has 0 aromatic heterocycles. The Morgan fingerprint density at radius 2 is 1.83 bits per heavy atom. The minimum atomic E-state index is -1.63. The lowest BCUT2D eigenvalue weighted by Gasteiger charge is -2.45. The maximum absolute atomic E-state index is 9.83. The molecule has 1 aromatic carbocycles. The quantitative estimate of drug-likeness (QED) is 0.775. The normalized spacial score (nSPS) is 27.8. The number of fused-ring (bicyclic) bond motifs is 1. The summed E-state index contributed by atoms with van der Waals surface area (Å²) in [5.41, 5.74) is -0.0533. The minimum absolute atomic E-state index is 0.107. The van der Waals surface area contributed by atoms with Crippen molar-refractivity contribution in [2.45, 2.75) is 5.92 Å². The third-order valence-electron chi connectivity index (χ3n) is 4.79. The molecule has 0 bridgehead atoms. The predicted octanol–water partition coefficient (Wildman–Crippen LogP) is 3.92. The van der Waals surface area contributed by atoms with Crippen LogP contribution in [-0.2, 0) is 0 Å². The molecule has 1 unspecified atom stereocenters. The van der Waals surface area contributed by atoms with Crippen molar-refractivity contribution in [1.82, 2.24) is 0 Å². The van der Waals surface area contributed by atoms with Gasteiger partial charge in [-0.25, -0.2) is 0 Å². The van der Waals surface area contributed by atoms with E-state index in [0.29, 0.717) is 5.02 Å². The highest BCUT2D eigenvalue weighted by Crippen LogP contribution is 2.54. The van der Waals surface area contributed by atoms with Gasteiger partial charge in [0.05, 0.1) is 23.9 Å². The Kier molecular flexibility index (Phi) is 4.37. The Morgan fingerprint density at radius 3 is 2.42 bits per heavy atom. The molecule has 1 aromatic rings. The summed E-state index contributed by atoms with van der Waals surface area (Å²) in [4.78, 5) is 0. The van der Waals surface area contributed by atoms with Gasteiger partial charge in [0.25, 0.3) is 0 Å². The topological polar surface area (TPSA) is 95.2 Å². The van der Waals surface area contributed by atoms with E-state index in [1.165, 1.54) is 0 Å². The monoisotopic (exact) mass is 352 g/mol. The van der Waals surface area contributed by atoms with E-state index in [9.17, 15) is 15.8 Å². The van der Waals surface area contributed by atoms with E-state index in [1.807, 2.05) is 18.2 Å². The largest absolute Gasteiger partial charge is 0.305 e. The first-order valence-corrected chi connectivity index (χ1v) is 8.96. The third kappa shape index (κ3) is 2.31. The van der Waals surface area contributed by atoms with Crippen LogP contribution in [0, 0.1) is 56.7 Å². The first kappa shape index (κ1) is 16.6. The standard InChI is InChI=1S/C18H13ClN4S/c19-12-3-1-11(2-4-12)16-15-8-24-6-5-13(15)14(7-20)17(23)18(16,9-21)10-22/h1-5,14-16,23H,6,8H2/t14?,15-,16+/m1/s1. The SMILES string of the molecule is N#CC1C(=N)C(C#N)(C#N)[C@@H](c2ccc(Cl)cc2)[C@@H]2CSCC=C12. The van der Waals surface area contributed by atoms with Crippen molar-refractivity contribution >= 4 is 29.1 Å². The molecule has 6 heteroatoms. The second kappa shape index (κ2) is 6.33. The number of thioether (sulfide) groups is 1.